The third kappa shape index (κ3) is 1.46. The standard InChI is InChI=1S/C17H13N3O4/c21-14-9-2-1-3-10(13(9)15(22)19-18-14)20-16(23)11-7-4-5-8(6-7)12(11)17(20)24/h1-5,7-8,11-12H,6H2,(H,18,21)(H,19,22)/t7-,8-,11+,12+/m0/s1. The van der Waals surface area contributed by atoms with Crippen LogP contribution in [-0.4, -0.2) is 22.0 Å². The lowest BCUT2D eigenvalue weighted by molar-refractivity contribution is -0.123. The van der Waals surface area contributed by atoms with E-state index in [2.05, 4.69) is 10.2 Å². The van der Waals surface area contributed by atoms with Crippen molar-refractivity contribution in [3.05, 3.63) is 51.1 Å². The van der Waals surface area contributed by atoms with Gasteiger partial charge in [-0.1, -0.05) is 18.2 Å². The van der Waals surface area contributed by atoms with Crippen LogP contribution in [0.4, 0.5) is 5.69 Å². The Hall–Kier alpha value is -2.96. The summed E-state index contributed by atoms with van der Waals surface area (Å²) in [5.74, 6) is -1.04. The quantitative estimate of drug-likeness (QED) is 0.590. The van der Waals surface area contributed by atoms with Crippen molar-refractivity contribution in [1.29, 1.82) is 0 Å². The van der Waals surface area contributed by atoms with Crippen LogP contribution in [0.3, 0.4) is 0 Å². The summed E-state index contributed by atoms with van der Waals surface area (Å²) < 4.78 is 0. The van der Waals surface area contributed by atoms with E-state index in [0.29, 0.717) is 0 Å². The fraction of sp³-hybridized carbons (Fsp3) is 0.294. The van der Waals surface area contributed by atoms with Gasteiger partial charge in [-0.15, -0.1) is 0 Å². The largest absolute Gasteiger partial charge is 0.274 e. The van der Waals surface area contributed by atoms with E-state index in [9.17, 15) is 19.2 Å². The molecule has 0 radical (unpaired) electrons. The summed E-state index contributed by atoms with van der Waals surface area (Å²) >= 11 is 0. The lowest BCUT2D eigenvalue weighted by Gasteiger charge is -2.18. The fourth-order valence-corrected chi connectivity index (χ4v) is 4.54. The first-order valence-corrected chi connectivity index (χ1v) is 7.88. The van der Waals surface area contributed by atoms with Gasteiger partial charge in [-0.3, -0.25) is 29.4 Å². The average molecular weight is 323 g/mol. The maximum absolute atomic E-state index is 12.9. The van der Waals surface area contributed by atoms with Gasteiger partial charge in [-0.25, -0.2) is 4.90 Å². The highest BCUT2D eigenvalue weighted by molar-refractivity contribution is 6.25. The van der Waals surface area contributed by atoms with Crippen LogP contribution < -0.4 is 16.0 Å². The normalized spacial score (nSPS) is 30.6. The van der Waals surface area contributed by atoms with Crippen LogP contribution in [0.2, 0.25) is 0 Å². The highest BCUT2D eigenvalue weighted by atomic mass is 16.2. The number of H-pyrrole nitrogens is 2. The molecule has 0 spiro atoms. The second-order valence-electron chi connectivity index (χ2n) is 6.62. The molecule has 2 heterocycles. The molecule has 2 aromatic rings. The Morgan fingerprint density at radius 1 is 0.875 bits per heavy atom. The summed E-state index contributed by atoms with van der Waals surface area (Å²) in [5, 5.41) is 4.75. The number of fused-ring (bicyclic) bond motifs is 6. The Morgan fingerprint density at radius 3 is 2.17 bits per heavy atom. The van der Waals surface area contributed by atoms with E-state index in [4.69, 9.17) is 0 Å². The van der Waals surface area contributed by atoms with Gasteiger partial charge in [0, 0.05) is 0 Å². The van der Waals surface area contributed by atoms with E-state index in [1.54, 1.807) is 12.1 Å². The van der Waals surface area contributed by atoms with Crippen molar-refractivity contribution in [2.75, 3.05) is 4.90 Å². The second-order valence-corrected chi connectivity index (χ2v) is 6.62. The highest BCUT2D eigenvalue weighted by Crippen LogP contribution is 2.53. The molecule has 120 valence electrons. The molecule has 1 aromatic carbocycles. The average Bonchev–Trinajstić information content (AvgIpc) is 3.25. The predicted molar refractivity (Wildman–Crippen MR) is 85.4 cm³/mol. The van der Waals surface area contributed by atoms with Crippen LogP contribution in [0.15, 0.2) is 39.9 Å². The molecule has 24 heavy (non-hydrogen) atoms. The van der Waals surface area contributed by atoms with E-state index in [1.807, 2.05) is 12.2 Å². The van der Waals surface area contributed by atoms with Crippen molar-refractivity contribution in [2.45, 2.75) is 6.42 Å². The number of aromatic nitrogens is 2. The predicted octanol–water partition coefficient (Wildman–Crippen LogP) is 0.528. The smallest absolute Gasteiger partial charge is 0.272 e. The molecule has 2 amide bonds. The van der Waals surface area contributed by atoms with Gasteiger partial charge < -0.3 is 0 Å². The molecule has 1 saturated heterocycles. The first kappa shape index (κ1) is 13.5. The number of carbonyl (C=O) groups is 2. The van der Waals surface area contributed by atoms with Crippen LogP contribution in [0, 0.1) is 23.7 Å². The van der Waals surface area contributed by atoms with Crippen LogP contribution in [0.25, 0.3) is 10.8 Å². The Labute approximate surface area is 135 Å². The number of rotatable bonds is 1. The van der Waals surface area contributed by atoms with Gasteiger partial charge in [0.15, 0.2) is 0 Å². The molecule has 2 N–H and O–H groups in total. The number of allylic oxidation sites excluding steroid dienone is 2. The minimum atomic E-state index is -0.529. The molecule has 4 atom stereocenters. The highest BCUT2D eigenvalue weighted by Gasteiger charge is 2.59. The van der Waals surface area contributed by atoms with Crippen molar-refractivity contribution in [1.82, 2.24) is 10.2 Å². The zero-order chi connectivity index (χ0) is 16.6. The number of amides is 2. The number of aromatic amines is 2. The van der Waals surface area contributed by atoms with Crippen molar-refractivity contribution in [2.24, 2.45) is 23.7 Å². The molecular formula is C17H13N3O4. The van der Waals surface area contributed by atoms with Gasteiger partial charge in [0.2, 0.25) is 11.8 Å². The molecule has 3 aliphatic rings. The molecule has 0 unspecified atom stereocenters. The number of benzene rings is 1. The Kier molecular flexibility index (Phi) is 2.42. The van der Waals surface area contributed by atoms with Crippen LogP contribution in [-0.2, 0) is 9.59 Å². The van der Waals surface area contributed by atoms with Crippen molar-refractivity contribution in [3.63, 3.8) is 0 Å². The molecule has 1 aromatic heterocycles. The van der Waals surface area contributed by atoms with Crippen molar-refractivity contribution < 1.29 is 9.59 Å². The molecule has 1 saturated carbocycles. The molecule has 2 bridgehead atoms. The monoisotopic (exact) mass is 323 g/mol. The molecule has 7 heteroatoms. The summed E-state index contributed by atoms with van der Waals surface area (Å²) in [6, 6.07) is 4.63. The van der Waals surface area contributed by atoms with Gasteiger partial charge in [0.25, 0.3) is 11.1 Å². The van der Waals surface area contributed by atoms with Crippen LogP contribution in [0.5, 0.6) is 0 Å². The third-order valence-corrected chi connectivity index (χ3v) is 5.51. The lowest BCUT2D eigenvalue weighted by Crippen LogP contribution is -2.34. The second kappa shape index (κ2) is 4.31. The summed E-state index contributed by atoms with van der Waals surface area (Å²) in [6.07, 6.45) is 4.87. The van der Waals surface area contributed by atoms with E-state index < -0.39 is 11.1 Å². The molecule has 5 rings (SSSR count). The van der Waals surface area contributed by atoms with Crippen molar-refractivity contribution in [3.8, 4) is 0 Å². The van der Waals surface area contributed by atoms with Gasteiger partial charge >= 0.3 is 0 Å². The van der Waals surface area contributed by atoms with E-state index >= 15 is 0 Å². The van der Waals surface area contributed by atoms with Gasteiger partial charge in [-0.05, 0) is 30.4 Å². The number of imide groups is 1. The maximum Gasteiger partial charge on any atom is 0.272 e. The first-order valence-electron chi connectivity index (χ1n) is 7.88. The van der Waals surface area contributed by atoms with Gasteiger partial charge in [-0.2, -0.15) is 0 Å². The first-order chi connectivity index (χ1) is 11.6. The topological polar surface area (TPSA) is 103 Å². The molecule has 1 aliphatic heterocycles. The van der Waals surface area contributed by atoms with E-state index in [0.717, 1.165) is 11.3 Å². The Morgan fingerprint density at radius 2 is 1.50 bits per heavy atom. The summed E-state index contributed by atoms with van der Waals surface area (Å²) in [5.41, 5.74) is -0.796. The zero-order valence-corrected chi connectivity index (χ0v) is 12.5. The number of nitrogens with one attached hydrogen (secondary N) is 2. The minimum absolute atomic E-state index is 0.0724. The van der Waals surface area contributed by atoms with E-state index in [-0.39, 0.29) is 51.9 Å². The number of nitrogens with zero attached hydrogens (tertiary/aromatic N) is 1. The van der Waals surface area contributed by atoms with Crippen LogP contribution >= 0.6 is 0 Å². The molecular weight excluding hydrogens is 310 g/mol. The Bertz CT molecular complexity index is 1030. The van der Waals surface area contributed by atoms with E-state index in [1.165, 1.54) is 6.07 Å². The molecule has 2 aliphatic carbocycles. The molecule has 2 fully saturated rings. The number of hydrogen-bond acceptors (Lipinski definition) is 4. The third-order valence-electron chi connectivity index (χ3n) is 5.51. The fourth-order valence-electron chi connectivity index (χ4n) is 4.54. The number of hydrogen-bond donors (Lipinski definition) is 2. The lowest BCUT2D eigenvalue weighted by atomic mass is 9.85. The molecule has 7 nitrogen and oxygen atoms in total. The maximum atomic E-state index is 12.9. The Balaban J connectivity index is 1.74. The van der Waals surface area contributed by atoms with Crippen molar-refractivity contribution >= 4 is 28.3 Å². The summed E-state index contributed by atoms with van der Waals surface area (Å²) in [6.45, 7) is 0. The van der Waals surface area contributed by atoms with Gasteiger partial charge in [0.1, 0.15) is 0 Å². The van der Waals surface area contributed by atoms with Crippen LogP contribution in [0.1, 0.15) is 6.42 Å². The SMILES string of the molecule is O=C1[C@H]2[C@H](C(=O)N1c1cccc3c(=O)[nH][nH]c(=O)c13)[C@H]1C=C[C@H]2C1. The summed E-state index contributed by atoms with van der Waals surface area (Å²) in [7, 11) is 0. The zero-order valence-electron chi connectivity index (χ0n) is 12.5. The summed E-state index contributed by atoms with van der Waals surface area (Å²) in [4.78, 5) is 51.1. The van der Waals surface area contributed by atoms with Gasteiger partial charge in [0.05, 0.1) is 28.3 Å². The number of carbonyl (C=O) groups excluding carboxylic acids is 2. The number of anilines is 1. The minimum Gasteiger partial charge on any atom is -0.274 e.